The number of anilines is 1. The van der Waals surface area contributed by atoms with Gasteiger partial charge in [0.2, 0.25) is 6.79 Å². The molecule has 2 aromatic rings. The average Bonchev–Trinajstić information content (AvgIpc) is 3.25. The van der Waals surface area contributed by atoms with Crippen LogP contribution in [0.5, 0.6) is 23.0 Å². The van der Waals surface area contributed by atoms with E-state index in [2.05, 4.69) is 0 Å². The number of fused-ring (bicyclic) bond motifs is 1. The quantitative estimate of drug-likeness (QED) is 0.793. The highest BCUT2D eigenvalue weighted by Gasteiger charge is 2.32. The van der Waals surface area contributed by atoms with E-state index in [0.717, 1.165) is 38.1 Å². The van der Waals surface area contributed by atoms with Crippen LogP contribution < -0.4 is 19.1 Å². The molecule has 4 nitrogen and oxygen atoms in total. The Kier molecular flexibility index (Phi) is 3.86. The molecule has 0 radical (unpaired) electrons. The second-order valence-corrected chi connectivity index (χ2v) is 5.99. The first-order chi connectivity index (χ1) is 12.0. The van der Waals surface area contributed by atoms with Crippen LogP contribution in [0.1, 0.15) is 18.4 Å². The van der Waals surface area contributed by atoms with Crippen LogP contribution in [-0.2, 0) is 6.18 Å². The molecule has 25 heavy (non-hydrogen) atoms. The molecule has 2 aromatic carbocycles. The fourth-order valence-corrected chi connectivity index (χ4v) is 3.05. The molecule has 0 spiro atoms. The Balaban J connectivity index is 1.68. The van der Waals surface area contributed by atoms with E-state index in [1.807, 2.05) is 4.90 Å². The maximum atomic E-state index is 13.1. The van der Waals surface area contributed by atoms with Gasteiger partial charge in [-0.15, -0.1) is 0 Å². The molecule has 0 atom stereocenters. The summed E-state index contributed by atoms with van der Waals surface area (Å²) in [6.07, 6.45) is -2.47. The number of halogens is 3. The fourth-order valence-electron chi connectivity index (χ4n) is 3.05. The lowest BCUT2D eigenvalue weighted by molar-refractivity contribution is -0.137. The van der Waals surface area contributed by atoms with Gasteiger partial charge < -0.3 is 19.1 Å². The summed E-state index contributed by atoms with van der Waals surface area (Å²) in [6, 6.07) is 8.68. The van der Waals surface area contributed by atoms with E-state index in [4.69, 9.17) is 14.2 Å². The molecule has 0 N–H and O–H groups in total. The number of hydrogen-bond donors (Lipinski definition) is 0. The van der Waals surface area contributed by atoms with Gasteiger partial charge in [0.25, 0.3) is 0 Å². The van der Waals surface area contributed by atoms with Crippen molar-refractivity contribution in [2.24, 2.45) is 0 Å². The van der Waals surface area contributed by atoms with E-state index in [1.165, 1.54) is 6.07 Å². The van der Waals surface area contributed by atoms with Gasteiger partial charge in [0.1, 0.15) is 5.75 Å². The molecule has 2 heterocycles. The molecule has 0 aromatic heterocycles. The van der Waals surface area contributed by atoms with E-state index in [1.54, 1.807) is 18.2 Å². The molecule has 0 saturated carbocycles. The predicted molar refractivity (Wildman–Crippen MR) is 85.5 cm³/mol. The maximum absolute atomic E-state index is 13.1. The van der Waals surface area contributed by atoms with Crippen molar-refractivity contribution in [1.29, 1.82) is 0 Å². The zero-order chi connectivity index (χ0) is 17.4. The van der Waals surface area contributed by atoms with E-state index in [0.29, 0.717) is 28.7 Å². The van der Waals surface area contributed by atoms with Crippen LogP contribution in [0.4, 0.5) is 18.9 Å². The van der Waals surface area contributed by atoms with Crippen LogP contribution in [0.15, 0.2) is 36.4 Å². The number of nitrogens with zero attached hydrogens (tertiary/aromatic N) is 1. The highest BCUT2D eigenvalue weighted by Crippen LogP contribution is 2.41. The van der Waals surface area contributed by atoms with Crippen molar-refractivity contribution in [3.05, 3.63) is 42.0 Å². The standard InChI is InChI=1S/C18H16F3NO3/c19-18(20,21)12-3-5-15(14(9-12)22-7-1-2-8-22)25-13-4-6-16-17(10-13)24-11-23-16/h3-6,9-10H,1-2,7-8,11H2. The summed E-state index contributed by atoms with van der Waals surface area (Å²) < 4.78 is 55.7. The van der Waals surface area contributed by atoms with Crippen molar-refractivity contribution < 1.29 is 27.4 Å². The number of hydrogen-bond acceptors (Lipinski definition) is 4. The summed E-state index contributed by atoms with van der Waals surface area (Å²) in [5, 5.41) is 0. The molecular weight excluding hydrogens is 335 g/mol. The van der Waals surface area contributed by atoms with Crippen LogP contribution >= 0.6 is 0 Å². The molecule has 2 aliphatic heterocycles. The summed E-state index contributed by atoms with van der Waals surface area (Å²) in [5.41, 5.74) is -0.211. The summed E-state index contributed by atoms with van der Waals surface area (Å²) >= 11 is 0. The first-order valence-electron chi connectivity index (χ1n) is 8.04. The smallest absolute Gasteiger partial charge is 0.416 e. The van der Waals surface area contributed by atoms with Gasteiger partial charge in [-0.1, -0.05) is 0 Å². The lowest BCUT2D eigenvalue weighted by atomic mass is 10.1. The molecule has 4 rings (SSSR count). The Morgan fingerprint density at radius 1 is 0.920 bits per heavy atom. The van der Waals surface area contributed by atoms with E-state index in [-0.39, 0.29) is 6.79 Å². The van der Waals surface area contributed by atoms with E-state index >= 15 is 0 Å². The van der Waals surface area contributed by atoms with Crippen LogP contribution in [0.3, 0.4) is 0 Å². The Morgan fingerprint density at radius 3 is 2.44 bits per heavy atom. The van der Waals surface area contributed by atoms with Crippen molar-refractivity contribution in [3.8, 4) is 23.0 Å². The zero-order valence-electron chi connectivity index (χ0n) is 13.3. The summed E-state index contributed by atoms with van der Waals surface area (Å²) in [7, 11) is 0. The predicted octanol–water partition coefficient (Wildman–Crippen LogP) is 4.83. The molecule has 0 bridgehead atoms. The summed E-state index contributed by atoms with van der Waals surface area (Å²) in [4.78, 5) is 1.93. The van der Waals surface area contributed by atoms with Crippen molar-refractivity contribution in [3.63, 3.8) is 0 Å². The first kappa shape index (κ1) is 15.9. The summed E-state index contributed by atoms with van der Waals surface area (Å²) in [6.45, 7) is 1.59. The van der Waals surface area contributed by atoms with E-state index in [9.17, 15) is 13.2 Å². The molecule has 1 saturated heterocycles. The maximum Gasteiger partial charge on any atom is 0.416 e. The third kappa shape index (κ3) is 3.18. The van der Waals surface area contributed by atoms with Crippen LogP contribution in [0.2, 0.25) is 0 Å². The second-order valence-electron chi connectivity index (χ2n) is 5.99. The molecule has 1 fully saturated rings. The molecule has 7 heteroatoms. The Labute approximate surface area is 142 Å². The normalized spacial score (nSPS) is 16.4. The molecule has 2 aliphatic rings. The topological polar surface area (TPSA) is 30.9 Å². The first-order valence-corrected chi connectivity index (χ1v) is 8.04. The average molecular weight is 351 g/mol. The van der Waals surface area contributed by atoms with Gasteiger partial charge in [-0.25, -0.2) is 0 Å². The van der Waals surface area contributed by atoms with Crippen LogP contribution in [0, 0.1) is 0 Å². The third-order valence-electron chi connectivity index (χ3n) is 4.30. The largest absolute Gasteiger partial charge is 0.455 e. The molecule has 132 valence electrons. The highest BCUT2D eigenvalue weighted by molar-refractivity contribution is 5.62. The number of rotatable bonds is 3. The van der Waals surface area contributed by atoms with Gasteiger partial charge in [0.05, 0.1) is 11.3 Å². The van der Waals surface area contributed by atoms with Crippen molar-refractivity contribution in [2.45, 2.75) is 19.0 Å². The number of alkyl halides is 3. The van der Waals surface area contributed by atoms with Gasteiger partial charge in [0, 0.05) is 19.2 Å². The fraction of sp³-hybridized carbons (Fsp3) is 0.333. The van der Waals surface area contributed by atoms with Crippen LogP contribution in [-0.4, -0.2) is 19.9 Å². The van der Waals surface area contributed by atoms with Gasteiger partial charge in [-0.3, -0.25) is 0 Å². The van der Waals surface area contributed by atoms with Crippen molar-refractivity contribution >= 4 is 5.69 Å². The minimum absolute atomic E-state index is 0.151. The minimum atomic E-state index is -4.38. The highest BCUT2D eigenvalue weighted by atomic mass is 19.4. The van der Waals surface area contributed by atoms with Crippen LogP contribution in [0.25, 0.3) is 0 Å². The molecular formula is C18H16F3NO3. The van der Waals surface area contributed by atoms with Gasteiger partial charge in [-0.2, -0.15) is 13.2 Å². The molecule has 0 unspecified atom stereocenters. The lowest BCUT2D eigenvalue weighted by Gasteiger charge is -2.22. The monoisotopic (exact) mass is 351 g/mol. The van der Waals surface area contributed by atoms with Crippen molar-refractivity contribution in [2.75, 3.05) is 24.8 Å². The number of ether oxygens (including phenoxy) is 3. The summed E-state index contributed by atoms with van der Waals surface area (Å²) in [5.74, 6) is 2.07. The third-order valence-corrected chi connectivity index (χ3v) is 4.30. The minimum Gasteiger partial charge on any atom is -0.455 e. The zero-order valence-corrected chi connectivity index (χ0v) is 13.3. The SMILES string of the molecule is FC(F)(F)c1ccc(Oc2ccc3c(c2)OCO3)c(N2CCCC2)c1. The lowest BCUT2D eigenvalue weighted by Crippen LogP contribution is -2.19. The van der Waals surface area contributed by atoms with E-state index < -0.39 is 11.7 Å². The Morgan fingerprint density at radius 2 is 1.68 bits per heavy atom. The second kappa shape index (κ2) is 6.06. The van der Waals surface area contributed by atoms with Gasteiger partial charge in [0.15, 0.2) is 17.2 Å². The van der Waals surface area contributed by atoms with Crippen molar-refractivity contribution in [1.82, 2.24) is 0 Å². The van der Waals surface area contributed by atoms with Gasteiger partial charge in [-0.05, 0) is 43.2 Å². The number of benzene rings is 2. The molecule has 0 aliphatic carbocycles. The van der Waals surface area contributed by atoms with Gasteiger partial charge >= 0.3 is 6.18 Å². The molecule has 0 amide bonds. The Bertz CT molecular complexity index is 786. The Hall–Kier alpha value is -2.57.